The molecule has 2 aromatic carbocycles. The number of H-pyrrole nitrogens is 1. The van der Waals surface area contributed by atoms with Crippen molar-refractivity contribution in [3.8, 4) is 0 Å². The predicted molar refractivity (Wildman–Crippen MR) is 110 cm³/mol. The molecule has 5 heteroatoms. The minimum atomic E-state index is -0.246. The predicted octanol–water partition coefficient (Wildman–Crippen LogP) is 4.55. The lowest BCUT2D eigenvalue weighted by atomic mass is 9.94. The number of hydrogen-bond donors (Lipinski definition) is 2. The van der Waals surface area contributed by atoms with Gasteiger partial charge < -0.3 is 10.3 Å². The maximum Gasteiger partial charge on any atom is 0.159 e. The normalized spacial score (nSPS) is 17.1. The Morgan fingerprint density at radius 1 is 1.19 bits per heavy atom. The Kier molecular flexibility index (Phi) is 5.41. The topological polar surface area (TPSA) is 44.9 Å². The first-order valence-corrected chi connectivity index (χ1v) is 10.2. The van der Waals surface area contributed by atoms with E-state index >= 15 is 0 Å². The Balaban J connectivity index is 1.34. The molecule has 1 unspecified atom stereocenters. The zero-order valence-electron chi connectivity index (χ0n) is 14.9. The zero-order valence-corrected chi connectivity index (χ0v) is 15.7. The number of carbonyl (C=O) groups excluding carboxylic acids is 1. The van der Waals surface area contributed by atoms with Crippen LogP contribution in [0, 0.1) is 5.82 Å². The average Bonchev–Trinajstić information content (AvgIpc) is 3.11. The van der Waals surface area contributed by atoms with Crippen LogP contribution in [0.3, 0.4) is 0 Å². The number of aromatic amines is 1. The number of carbonyl (C=O) groups is 1. The lowest BCUT2D eigenvalue weighted by molar-refractivity contribution is -0.118. The first-order valence-electron chi connectivity index (χ1n) is 9.04. The molecule has 0 radical (unpaired) electrons. The number of fused-ring (bicyclic) bond motifs is 1. The summed E-state index contributed by atoms with van der Waals surface area (Å²) in [5.41, 5.74) is 4.24. The Labute approximate surface area is 162 Å². The summed E-state index contributed by atoms with van der Waals surface area (Å²) in [6.07, 6.45) is 4.67. The lowest BCUT2D eigenvalue weighted by Gasteiger charge is -2.23. The van der Waals surface area contributed by atoms with Crippen LogP contribution < -0.4 is 5.32 Å². The van der Waals surface area contributed by atoms with Crippen molar-refractivity contribution in [1.29, 1.82) is 0 Å². The van der Waals surface area contributed by atoms with Gasteiger partial charge >= 0.3 is 0 Å². The largest absolute Gasteiger partial charge is 0.361 e. The molecule has 3 nitrogen and oxygen atoms in total. The van der Waals surface area contributed by atoms with Gasteiger partial charge in [0.1, 0.15) is 5.82 Å². The number of thioether (sulfide) groups is 1. The Morgan fingerprint density at radius 2 is 2.07 bits per heavy atom. The van der Waals surface area contributed by atoms with Crippen molar-refractivity contribution in [3.63, 3.8) is 0 Å². The van der Waals surface area contributed by atoms with Crippen molar-refractivity contribution in [2.45, 2.75) is 18.2 Å². The smallest absolute Gasteiger partial charge is 0.159 e. The molecular formula is C22H21FN2OS. The maximum absolute atomic E-state index is 13.5. The highest BCUT2D eigenvalue weighted by Crippen LogP contribution is 2.25. The number of Topliss-reactive ketones (excluding diaryl/α,β-unsaturated/α-hetero) is 1. The van der Waals surface area contributed by atoms with Crippen LogP contribution in [0.15, 0.2) is 60.8 Å². The summed E-state index contributed by atoms with van der Waals surface area (Å²) in [5.74, 6) is 1.22. The van der Waals surface area contributed by atoms with Crippen LogP contribution >= 0.6 is 11.8 Å². The summed E-state index contributed by atoms with van der Waals surface area (Å²) in [7, 11) is 0. The van der Waals surface area contributed by atoms with Gasteiger partial charge in [-0.2, -0.15) is 0 Å². The number of nitrogens with one attached hydrogen (secondary N) is 2. The third-order valence-electron chi connectivity index (χ3n) is 4.90. The second kappa shape index (κ2) is 8.11. The Hall–Kier alpha value is -2.37. The minimum Gasteiger partial charge on any atom is -0.361 e. The van der Waals surface area contributed by atoms with Gasteiger partial charge in [0, 0.05) is 29.4 Å². The molecule has 1 atom stereocenters. The Bertz CT molecular complexity index is 995. The molecule has 0 spiro atoms. The van der Waals surface area contributed by atoms with Crippen molar-refractivity contribution in [1.82, 2.24) is 10.3 Å². The number of benzene rings is 2. The third kappa shape index (κ3) is 4.15. The second-order valence-electron chi connectivity index (χ2n) is 6.72. The monoisotopic (exact) mass is 380 g/mol. The molecule has 1 aromatic heterocycles. The quantitative estimate of drug-likeness (QED) is 0.659. The molecule has 1 aliphatic heterocycles. The summed E-state index contributed by atoms with van der Waals surface area (Å²) < 4.78 is 13.5. The van der Waals surface area contributed by atoms with Gasteiger partial charge in [0.15, 0.2) is 5.78 Å². The number of aromatic nitrogens is 1. The molecule has 2 heterocycles. The highest BCUT2D eigenvalue weighted by atomic mass is 32.2. The summed E-state index contributed by atoms with van der Waals surface area (Å²) in [6.45, 7) is 0.634. The van der Waals surface area contributed by atoms with Crippen LogP contribution in [0.5, 0.6) is 0 Å². The van der Waals surface area contributed by atoms with Crippen LogP contribution in [0.2, 0.25) is 0 Å². The van der Waals surface area contributed by atoms with E-state index in [2.05, 4.69) is 22.4 Å². The number of hydrogen-bond acceptors (Lipinski definition) is 3. The molecule has 4 rings (SSSR count). The van der Waals surface area contributed by atoms with E-state index in [4.69, 9.17) is 0 Å². The fourth-order valence-corrected chi connectivity index (χ4v) is 4.43. The van der Waals surface area contributed by atoms with Gasteiger partial charge in [0.2, 0.25) is 0 Å². The first kappa shape index (κ1) is 18.0. The SMILES string of the molecule is O=C(CSCc1c[nH]c2ccccc12)C1CC(c2cccc(F)c2)=CCN1. The molecular weight excluding hydrogens is 359 g/mol. The molecule has 1 aliphatic rings. The second-order valence-corrected chi connectivity index (χ2v) is 7.71. The third-order valence-corrected chi connectivity index (χ3v) is 5.90. The van der Waals surface area contributed by atoms with E-state index in [1.165, 1.54) is 23.1 Å². The van der Waals surface area contributed by atoms with E-state index in [9.17, 15) is 9.18 Å². The fourth-order valence-electron chi connectivity index (χ4n) is 3.46. The lowest BCUT2D eigenvalue weighted by Crippen LogP contribution is -2.40. The summed E-state index contributed by atoms with van der Waals surface area (Å²) >= 11 is 1.64. The van der Waals surface area contributed by atoms with Crippen molar-refractivity contribution in [2.75, 3.05) is 12.3 Å². The molecule has 0 amide bonds. The molecule has 3 aromatic rings. The van der Waals surface area contributed by atoms with Gasteiger partial charge in [-0.3, -0.25) is 4.79 Å². The molecule has 0 fully saturated rings. The van der Waals surface area contributed by atoms with Gasteiger partial charge in [-0.05, 0) is 41.3 Å². The molecule has 0 aliphatic carbocycles. The number of ketones is 1. The van der Waals surface area contributed by atoms with Crippen molar-refractivity contribution < 1.29 is 9.18 Å². The number of halogens is 1. The van der Waals surface area contributed by atoms with Crippen LogP contribution in [0.4, 0.5) is 4.39 Å². The minimum absolute atomic E-state index is 0.196. The van der Waals surface area contributed by atoms with Crippen LogP contribution in [-0.2, 0) is 10.5 Å². The highest BCUT2D eigenvalue weighted by molar-refractivity contribution is 7.99. The van der Waals surface area contributed by atoms with Gasteiger partial charge in [0.05, 0.1) is 11.8 Å². The van der Waals surface area contributed by atoms with E-state index in [1.54, 1.807) is 17.8 Å². The zero-order chi connectivity index (χ0) is 18.6. The van der Waals surface area contributed by atoms with Gasteiger partial charge in [-0.1, -0.05) is 36.4 Å². The van der Waals surface area contributed by atoms with Gasteiger partial charge in [0.25, 0.3) is 0 Å². The summed E-state index contributed by atoms with van der Waals surface area (Å²) in [6, 6.07) is 14.6. The van der Waals surface area contributed by atoms with Crippen molar-refractivity contribution in [2.24, 2.45) is 0 Å². The van der Waals surface area contributed by atoms with Crippen molar-refractivity contribution >= 4 is 34.0 Å². The van der Waals surface area contributed by atoms with E-state index in [-0.39, 0.29) is 17.6 Å². The fraction of sp³-hybridized carbons (Fsp3) is 0.227. The van der Waals surface area contributed by atoms with E-state index in [1.807, 2.05) is 30.5 Å². The molecule has 0 saturated carbocycles. The highest BCUT2D eigenvalue weighted by Gasteiger charge is 2.22. The molecule has 27 heavy (non-hydrogen) atoms. The average molecular weight is 380 g/mol. The number of para-hydroxylation sites is 1. The van der Waals surface area contributed by atoms with Crippen LogP contribution in [0.1, 0.15) is 17.5 Å². The molecule has 138 valence electrons. The van der Waals surface area contributed by atoms with E-state index in [0.29, 0.717) is 18.7 Å². The van der Waals surface area contributed by atoms with Crippen LogP contribution in [-0.4, -0.2) is 29.1 Å². The first-order chi connectivity index (χ1) is 13.2. The molecule has 0 bridgehead atoms. The maximum atomic E-state index is 13.5. The van der Waals surface area contributed by atoms with Crippen LogP contribution in [0.25, 0.3) is 16.5 Å². The molecule has 0 saturated heterocycles. The summed E-state index contributed by atoms with van der Waals surface area (Å²) in [5, 5.41) is 4.48. The van der Waals surface area contributed by atoms with E-state index in [0.717, 1.165) is 22.4 Å². The number of rotatable bonds is 6. The van der Waals surface area contributed by atoms with Gasteiger partial charge in [-0.15, -0.1) is 11.8 Å². The summed E-state index contributed by atoms with van der Waals surface area (Å²) in [4.78, 5) is 15.9. The Morgan fingerprint density at radius 3 is 2.96 bits per heavy atom. The van der Waals surface area contributed by atoms with Gasteiger partial charge in [-0.25, -0.2) is 4.39 Å². The molecule has 2 N–H and O–H groups in total. The van der Waals surface area contributed by atoms with Crippen molar-refractivity contribution in [3.05, 3.63) is 77.7 Å². The van der Waals surface area contributed by atoms with E-state index < -0.39 is 0 Å². The standard InChI is InChI=1S/C22H21FN2OS/c23-18-5-3-4-15(10-18)16-8-9-24-21(11-16)22(26)14-27-13-17-12-25-20-7-2-1-6-19(17)20/h1-8,10,12,21,24-25H,9,11,13-14H2.